The zero-order valence-corrected chi connectivity index (χ0v) is 13.7. The molecule has 106 valence electrons. The van der Waals surface area contributed by atoms with Gasteiger partial charge in [0, 0.05) is 15.8 Å². The average molecular weight is 356 g/mol. The summed E-state index contributed by atoms with van der Waals surface area (Å²) in [6, 6.07) is 15.0. The van der Waals surface area contributed by atoms with E-state index in [0.29, 0.717) is 5.02 Å². The second-order valence-corrected chi connectivity index (χ2v) is 6.01. The number of benzene rings is 2. The third kappa shape index (κ3) is 3.24. The quantitative estimate of drug-likeness (QED) is 0.598. The summed E-state index contributed by atoms with van der Waals surface area (Å²) >= 11 is 9.83. The van der Waals surface area contributed by atoms with Crippen molar-refractivity contribution in [2.45, 2.75) is 25.2 Å². The van der Waals surface area contributed by atoms with Crippen LogP contribution < -0.4 is 0 Å². The van der Waals surface area contributed by atoms with Gasteiger partial charge in [0.15, 0.2) is 0 Å². The molecule has 2 rings (SSSR count). The van der Waals surface area contributed by atoms with Crippen molar-refractivity contribution in [1.29, 1.82) is 0 Å². The van der Waals surface area contributed by atoms with Gasteiger partial charge in [-0.15, -0.1) is 0 Å². The van der Waals surface area contributed by atoms with Gasteiger partial charge in [0.25, 0.3) is 0 Å². The number of halogens is 3. The predicted octanol–water partition coefficient (Wildman–Crippen LogP) is 5.76. The molecule has 0 nitrogen and oxygen atoms in total. The van der Waals surface area contributed by atoms with Crippen molar-refractivity contribution in [3.63, 3.8) is 0 Å². The molecule has 20 heavy (non-hydrogen) atoms. The van der Waals surface area contributed by atoms with E-state index in [1.165, 1.54) is 17.7 Å². The number of alkyl halides is 1. The normalized spacial score (nSPS) is 14.0. The first-order valence-electron chi connectivity index (χ1n) is 6.67. The van der Waals surface area contributed by atoms with Gasteiger partial charge in [-0.2, -0.15) is 0 Å². The topological polar surface area (TPSA) is 0 Å². The van der Waals surface area contributed by atoms with Gasteiger partial charge >= 0.3 is 0 Å². The Morgan fingerprint density at radius 3 is 2.40 bits per heavy atom. The van der Waals surface area contributed by atoms with Gasteiger partial charge in [0.05, 0.1) is 0 Å². The van der Waals surface area contributed by atoms with Crippen LogP contribution in [0.15, 0.2) is 48.5 Å². The lowest BCUT2D eigenvalue weighted by atomic mass is 9.75. The molecule has 2 aromatic rings. The SMILES string of the molecule is CCC(CBr)(Cc1ccc(F)cc1Cl)c1ccccc1. The first-order valence-corrected chi connectivity index (χ1v) is 8.16. The lowest BCUT2D eigenvalue weighted by molar-refractivity contribution is 0.464. The van der Waals surface area contributed by atoms with Crippen LogP contribution in [-0.4, -0.2) is 5.33 Å². The van der Waals surface area contributed by atoms with Crippen LogP contribution in [0.1, 0.15) is 24.5 Å². The van der Waals surface area contributed by atoms with Gasteiger partial charge in [0.1, 0.15) is 5.82 Å². The number of rotatable bonds is 5. The Balaban J connectivity index is 2.39. The van der Waals surface area contributed by atoms with Crippen molar-refractivity contribution in [2.75, 3.05) is 5.33 Å². The fraction of sp³-hybridized carbons (Fsp3) is 0.294. The minimum absolute atomic E-state index is 0.0251. The zero-order chi connectivity index (χ0) is 14.6. The highest BCUT2D eigenvalue weighted by molar-refractivity contribution is 9.09. The molecule has 0 aliphatic heterocycles. The van der Waals surface area contributed by atoms with Gasteiger partial charge < -0.3 is 0 Å². The van der Waals surface area contributed by atoms with Crippen molar-refractivity contribution < 1.29 is 4.39 Å². The van der Waals surface area contributed by atoms with E-state index in [1.807, 2.05) is 6.07 Å². The third-order valence-electron chi connectivity index (χ3n) is 3.86. The molecule has 1 atom stereocenters. The van der Waals surface area contributed by atoms with Gasteiger partial charge in [-0.05, 0) is 36.1 Å². The first-order chi connectivity index (χ1) is 9.61. The average Bonchev–Trinajstić information content (AvgIpc) is 2.48. The fourth-order valence-corrected chi connectivity index (χ4v) is 3.62. The Labute approximate surface area is 133 Å². The molecule has 0 aliphatic rings. The monoisotopic (exact) mass is 354 g/mol. The molecule has 3 heteroatoms. The fourth-order valence-electron chi connectivity index (χ4n) is 2.47. The molecule has 0 amide bonds. The summed E-state index contributed by atoms with van der Waals surface area (Å²) in [4.78, 5) is 0. The summed E-state index contributed by atoms with van der Waals surface area (Å²) in [6.07, 6.45) is 1.77. The minimum Gasteiger partial charge on any atom is -0.207 e. The number of hydrogen-bond donors (Lipinski definition) is 0. The van der Waals surface area contributed by atoms with Crippen LogP contribution in [0.25, 0.3) is 0 Å². The summed E-state index contributed by atoms with van der Waals surface area (Å²) in [5.41, 5.74) is 2.24. The summed E-state index contributed by atoms with van der Waals surface area (Å²) in [6.45, 7) is 2.17. The minimum atomic E-state index is -0.292. The van der Waals surface area contributed by atoms with Crippen molar-refractivity contribution in [3.05, 3.63) is 70.5 Å². The third-order valence-corrected chi connectivity index (χ3v) is 5.29. The van der Waals surface area contributed by atoms with E-state index in [-0.39, 0.29) is 11.2 Å². The van der Waals surface area contributed by atoms with E-state index >= 15 is 0 Å². The molecule has 0 spiro atoms. The highest BCUT2D eigenvalue weighted by Crippen LogP contribution is 2.35. The Bertz CT molecular complexity index is 564. The maximum Gasteiger partial charge on any atom is 0.124 e. The molecule has 0 bridgehead atoms. The highest BCUT2D eigenvalue weighted by atomic mass is 79.9. The zero-order valence-electron chi connectivity index (χ0n) is 11.4. The van der Waals surface area contributed by atoms with Crippen molar-refractivity contribution in [3.8, 4) is 0 Å². The lowest BCUT2D eigenvalue weighted by Crippen LogP contribution is -2.30. The van der Waals surface area contributed by atoms with E-state index < -0.39 is 0 Å². The molecule has 0 saturated carbocycles. The maximum atomic E-state index is 13.2. The molecule has 1 unspecified atom stereocenters. The molecule has 0 radical (unpaired) electrons. The number of hydrogen-bond acceptors (Lipinski definition) is 0. The molecule has 0 aliphatic carbocycles. The second-order valence-electron chi connectivity index (χ2n) is 5.05. The van der Waals surface area contributed by atoms with Crippen LogP contribution in [0.3, 0.4) is 0 Å². The Kier molecular flexibility index (Phi) is 5.22. The summed E-state index contributed by atoms with van der Waals surface area (Å²) in [7, 11) is 0. The van der Waals surface area contributed by atoms with Crippen LogP contribution in [0, 0.1) is 5.82 Å². The smallest absolute Gasteiger partial charge is 0.124 e. The van der Waals surface area contributed by atoms with Gasteiger partial charge in [-0.3, -0.25) is 0 Å². The van der Waals surface area contributed by atoms with Crippen LogP contribution in [0.5, 0.6) is 0 Å². The van der Waals surface area contributed by atoms with E-state index in [1.54, 1.807) is 6.07 Å². The van der Waals surface area contributed by atoms with Gasteiger partial charge in [-0.1, -0.05) is 70.9 Å². The van der Waals surface area contributed by atoms with Crippen molar-refractivity contribution in [2.24, 2.45) is 0 Å². The van der Waals surface area contributed by atoms with Crippen LogP contribution in [0.2, 0.25) is 5.02 Å². The summed E-state index contributed by atoms with van der Waals surface area (Å²) < 4.78 is 13.2. The molecule has 0 N–H and O–H groups in total. The molecular weight excluding hydrogens is 339 g/mol. The molecule has 0 saturated heterocycles. The predicted molar refractivity (Wildman–Crippen MR) is 87.3 cm³/mol. The van der Waals surface area contributed by atoms with E-state index in [9.17, 15) is 4.39 Å². The van der Waals surface area contributed by atoms with Crippen LogP contribution in [-0.2, 0) is 11.8 Å². The van der Waals surface area contributed by atoms with Crippen LogP contribution in [0.4, 0.5) is 4.39 Å². The summed E-state index contributed by atoms with van der Waals surface area (Å²) in [5, 5.41) is 1.34. The largest absolute Gasteiger partial charge is 0.207 e. The Hall–Kier alpha value is -0.860. The standard InChI is InChI=1S/C17H17BrClF/c1-2-17(12-18,14-6-4-3-5-7-14)11-13-8-9-15(20)10-16(13)19/h3-10H,2,11-12H2,1H3. The van der Waals surface area contributed by atoms with Crippen molar-refractivity contribution in [1.82, 2.24) is 0 Å². The molecular formula is C17H17BrClF. The molecule has 0 heterocycles. The Morgan fingerprint density at radius 1 is 1.15 bits per heavy atom. The van der Waals surface area contributed by atoms with E-state index in [2.05, 4.69) is 47.1 Å². The maximum absolute atomic E-state index is 13.2. The van der Waals surface area contributed by atoms with E-state index in [0.717, 1.165) is 23.7 Å². The van der Waals surface area contributed by atoms with Gasteiger partial charge in [0.2, 0.25) is 0 Å². The Morgan fingerprint density at radius 2 is 1.85 bits per heavy atom. The van der Waals surface area contributed by atoms with Gasteiger partial charge in [-0.25, -0.2) is 4.39 Å². The summed E-state index contributed by atoms with van der Waals surface area (Å²) in [5.74, 6) is -0.292. The molecule has 0 aromatic heterocycles. The second kappa shape index (κ2) is 6.73. The first kappa shape index (κ1) is 15.5. The lowest BCUT2D eigenvalue weighted by Gasteiger charge is -2.32. The van der Waals surface area contributed by atoms with Crippen molar-refractivity contribution >= 4 is 27.5 Å². The highest BCUT2D eigenvalue weighted by Gasteiger charge is 2.30. The van der Waals surface area contributed by atoms with E-state index in [4.69, 9.17) is 11.6 Å². The molecule has 2 aromatic carbocycles. The molecule has 0 fully saturated rings. The van der Waals surface area contributed by atoms with Crippen LogP contribution >= 0.6 is 27.5 Å².